The Kier molecular flexibility index (Phi) is 6.84. The number of amides is 1. The monoisotopic (exact) mass is 376 g/mol. The first-order chi connectivity index (χ1) is 12.0. The van der Waals surface area contributed by atoms with Crippen LogP contribution in [0.1, 0.15) is 60.0 Å². The Bertz CT molecular complexity index is 739. The number of aryl methyl sites for hydroxylation is 2. The van der Waals surface area contributed by atoms with Crippen LogP contribution < -0.4 is 5.32 Å². The summed E-state index contributed by atoms with van der Waals surface area (Å²) in [6.07, 6.45) is 1.03. The Balaban J connectivity index is 0.00000243. The van der Waals surface area contributed by atoms with E-state index in [0.717, 1.165) is 25.2 Å². The van der Waals surface area contributed by atoms with E-state index in [4.69, 9.17) is 0 Å². The molecule has 1 unspecified atom stereocenters. The molecule has 26 heavy (non-hydrogen) atoms. The molecule has 0 saturated carbocycles. The summed E-state index contributed by atoms with van der Waals surface area (Å²) in [6, 6.07) is 10.6. The van der Waals surface area contributed by atoms with Crippen molar-refractivity contribution >= 4 is 18.3 Å². The summed E-state index contributed by atoms with van der Waals surface area (Å²) in [5.74, 6) is 0.369. The number of carbonyl (C=O) groups is 1. The largest absolute Gasteiger partial charge is 0.328 e. The van der Waals surface area contributed by atoms with Crippen LogP contribution in [0, 0.1) is 0 Å². The quantitative estimate of drug-likeness (QED) is 0.890. The van der Waals surface area contributed by atoms with E-state index in [1.807, 2.05) is 22.7 Å². The third-order valence-corrected chi connectivity index (χ3v) is 5.00. The summed E-state index contributed by atoms with van der Waals surface area (Å²) in [5, 5.41) is 7.88. The minimum Gasteiger partial charge on any atom is -0.328 e. The first-order valence-corrected chi connectivity index (χ1v) is 9.15. The SMILES string of the molecule is CCc1ccc(C2CNCCN2C(=O)c2cc(C(C)C)n(C)n2)cc1.Cl. The summed E-state index contributed by atoms with van der Waals surface area (Å²) in [6.45, 7) is 8.69. The molecule has 1 N–H and O–H groups in total. The van der Waals surface area contributed by atoms with Crippen molar-refractivity contribution < 1.29 is 4.79 Å². The summed E-state index contributed by atoms with van der Waals surface area (Å²) in [5.41, 5.74) is 4.13. The number of halogens is 1. The zero-order valence-corrected chi connectivity index (χ0v) is 16.8. The molecule has 1 aromatic carbocycles. The molecule has 1 aromatic heterocycles. The lowest BCUT2D eigenvalue weighted by molar-refractivity contribution is 0.0627. The average Bonchev–Trinajstić information content (AvgIpc) is 3.03. The highest BCUT2D eigenvalue weighted by Crippen LogP contribution is 2.25. The normalized spacial score (nSPS) is 17.3. The molecule has 1 aliphatic heterocycles. The predicted octanol–water partition coefficient (Wildman–Crippen LogP) is 3.31. The number of carbonyl (C=O) groups excluding carboxylic acids is 1. The zero-order valence-electron chi connectivity index (χ0n) is 16.0. The molecule has 6 heteroatoms. The first-order valence-electron chi connectivity index (χ1n) is 9.15. The summed E-state index contributed by atoms with van der Waals surface area (Å²) >= 11 is 0. The van der Waals surface area contributed by atoms with Crippen LogP contribution in [0.3, 0.4) is 0 Å². The van der Waals surface area contributed by atoms with Gasteiger partial charge < -0.3 is 10.2 Å². The van der Waals surface area contributed by atoms with Crippen LogP contribution in [0.4, 0.5) is 0 Å². The Morgan fingerprint density at radius 3 is 2.58 bits per heavy atom. The number of hydrogen-bond donors (Lipinski definition) is 1. The second-order valence-electron chi connectivity index (χ2n) is 7.05. The van der Waals surface area contributed by atoms with Crippen LogP contribution in [0.2, 0.25) is 0 Å². The van der Waals surface area contributed by atoms with Crippen molar-refractivity contribution in [1.82, 2.24) is 20.0 Å². The Labute approximate surface area is 162 Å². The number of piperazine rings is 1. The molecular weight excluding hydrogens is 348 g/mol. The zero-order chi connectivity index (χ0) is 18.0. The number of hydrogen-bond acceptors (Lipinski definition) is 3. The van der Waals surface area contributed by atoms with E-state index in [1.54, 1.807) is 0 Å². The van der Waals surface area contributed by atoms with Gasteiger partial charge in [-0.05, 0) is 29.5 Å². The number of aromatic nitrogens is 2. The molecule has 142 valence electrons. The average molecular weight is 377 g/mol. The van der Waals surface area contributed by atoms with Crippen LogP contribution in [-0.4, -0.2) is 40.2 Å². The summed E-state index contributed by atoms with van der Waals surface area (Å²) in [7, 11) is 1.91. The maximum absolute atomic E-state index is 13.1. The molecule has 5 nitrogen and oxygen atoms in total. The van der Waals surface area contributed by atoms with Gasteiger partial charge in [-0.15, -0.1) is 12.4 Å². The lowest BCUT2D eigenvalue weighted by Crippen LogP contribution is -2.48. The number of rotatable bonds is 4. The van der Waals surface area contributed by atoms with Crippen LogP contribution in [0.15, 0.2) is 30.3 Å². The van der Waals surface area contributed by atoms with Crippen molar-refractivity contribution in [2.45, 2.75) is 39.2 Å². The number of nitrogens with zero attached hydrogens (tertiary/aromatic N) is 3. The standard InChI is InChI=1S/C20H28N4O.ClH/c1-5-15-6-8-16(9-7-15)19-13-21-10-11-24(19)20(25)17-12-18(14(2)3)23(4)22-17;/h6-9,12,14,19,21H,5,10-11,13H2,1-4H3;1H. The molecule has 3 rings (SSSR count). The van der Waals surface area contributed by atoms with Gasteiger partial charge in [0.15, 0.2) is 5.69 Å². The fourth-order valence-corrected chi connectivity index (χ4v) is 3.49. The third-order valence-electron chi connectivity index (χ3n) is 5.00. The van der Waals surface area contributed by atoms with Gasteiger partial charge in [0.1, 0.15) is 0 Å². The van der Waals surface area contributed by atoms with E-state index in [9.17, 15) is 4.79 Å². The molecule has 2 aromatic rings. The van der Waals surface area contributed by atoms with E-state index in [1.165, 1.54) is 11.1 Å². The lowest BCUT2D eigenvalue weighted by atomic mass is 10.0. The smallest absolute Gasteiger partial charge is 0.274 e. The Morgan fingerprint density at radius 2 is 2.00 bits per heavy atom. The van der Waals surface area contributed by atoms with Gasteiger partial charge in [0.25, 0.3) is 5.91 Å². The second-order valence-corrected chi connectivity index (χ2v) is 7.05. The molecule has 0 aliphatic carbocycles. The topological polar surface area (TPSA) is 50.2 Å². The second kappa shape index (κ2) is 8.69. The lowest BCUT2D eigenvalue weighted by Gasteiger charge is -2.36. The van der Waals surface area contributed by atoms with Crippen LogP contribution in [-0.2, 0) is 13.5 Å². The van der Waals surface area contributed by atoms with E-state index >= 15 is 0 Å². The maximum Gasteiger partial charge on any atom is 0.274 e. The number of benzene rings is 1. The van der Waals surface area contributed by atoms with Crippen molar-refractivity contribution in [2.75, 3.05) is 19.6 Å². The van der Waals surface area contributed by atoms with Crippen molar-refractivity contribution in [3.8, 4) is 0 Å². The van der Waals surface area contributed by atoms with Crippen molar-refractivity contribution in [2.24, 2.45) is 7.05 Å². The van der Waals surface area contributed by atoms with Crippen LogP contribution >= 0.6 is 12.4 Å². The fourth-order valence-electron chi connectivity index (χ4n) is 3.49. The highest BCUT2D eigenvalue weighted by atomic mass is 35.5. The van der Waals surface area contributed by atoms with Gasteiger partial charge in [0, 0.05) is 32.4 Å². The Hall–Kier alpha value is -1.85. The van der Waals surface area contributed by atoms with Gasteiger partial charge in [-0.3, -0.25) is 9.48 Å². The molecule has 0 bridgehead atoms. The predicted molar refractivity (Wildman–Crippen MR) is 107 cm³/mol. The van der Waals surface area contributed by atoms with Crippen LogP contribution in [0.25, 0.3) is 0 Å². The van der Waals surface area contributed by atoms with E-state index in [0.29, 0.717) is 18.2 Å². The Morgan fingerprint density at radius 1 is 1.31 bits per heavy atom. The molecule has 1 amide bonds. The fraction of sp³-hybridized carbons (Fsp3) is 0.500. The van der Waals surface area contributed by atoms with Gasteiger partial charge in [0.2, 0.25) is 0 Å². The molecule has 1 fully saturated rings. The minimum absolute atomic E-state index is 0. The molecular formula is C20H29ClN4O. The minimum atomic E-state index is 0. The summed E-state index contributed by atoms with van der Waals surface area (Å²) < 4.78 is 1.82. The molecule has 0 radical (unpaired) electrons. The molecule has 1 saturated heterocycles. The maximum atomic E-state index is 13.1. The highest BCUT2D eigenvalue weighted by molar-refractivity contribution is 5.93. The van der Waals surface area contributed by atoms with Gasteiger partial charge in [-0.1, -0.05) is 45.0 Å². The van der Waals surface area contributed by atoms with Crippen molar-refractivity contribution in [3.63, 3.8) is 0 Å². The van der Waals surface area contributed by atoms with E-state index in [2.05, 4.69) is 55.5 Å². The molecule has 0 spiro atoms. The van der Waals surface area contributed by atoms with Crippen LogP contribution in [0.5, 0.6) is 0 Å². The van der Waals surface area contributed by atoms with Gasteiger partial charge in [-0.2, -0.15) is 5.10 Å². The third kappa shape index (κ3) is 4.10. The molecule has 1 aliphatic rings. The summed E-state index contributed by atoms with van der Waals surface area (Å²) in [4.78, 5) is 15.1. The van der Waals surface area contributed by atoms with Gasteiger partial charge in [0.05, 0.1) is 6.04 Å². The van der Waals surface area contributed by atoms with E-state index in [-0.39, 0.29) is 24.4 Å². The number of nitrogens with one attached hydrogen (secondary N) is 1. The highest BCUT2D eigenvalue weighted by Gasteiger charge is 2.30. The van der Waals surface area contributed by atoms with Crippen molar-refractivity contribution in [1.29, 1.82) is 0 Å². The molecule has 2 heterocycles. The van der Waals surface area contributed by atoms with E-state index < -0.39 is 0 Å². The van der Waals surface area contributed by atoms with Gasteiger partial charge in [-0.25, -0.2) is 0 Å². The van der Waals surface area contributed by atoms with Crippen molar-refractivity contribution in [3.05, 3.63) is 52.8 Å². The first kappa shape index (κ1) is 20.5. The molecule has 1 atom stereocenters. The van der Waals surface area contributed by atoms with Gasteiger partial charge >= 0.3 is 0 Å².